The highest BCUT2D eigenvalue weighted by Crippen LogP contribution is 2.39. The van der Waals surface area contributed by atoms with E-state index < -0.39 is 38.5 Å². The van der Waals surface area contributed by atoms with Crippen molar-refractivity contribution in [3.63, 3.8) is 0 Å². The molecule has 1 heterocycles. The predicted molar refractivity (Wildman–Crippen MR) is 58.5 cm³/mol. The summed E-state index contributed by atoms with van der Waals surface area (Å²) >= 11 is 0. The lowest BCUT2D eigenvalue weighted by molar-refractivity contribution is -0.329. The van der Waals surface area contributed by atoms with Gasteiger partial charge in [-0.2, -0.15) is 0 Å². The van der Waals surface area contributed by atoms with Crippen LogP contribution >= 0.6 is 7.82 Å². The summed E-state index contributed by atoms with van der Waals surface area (Å²) in [7, 11) is -4.88. The fraction of sp³-hybridized carbons (Fsp3) is 1.00. The summed E-state index contributed by atoms with van der Waals surface area (Å²) < 4.78 is 19.6. The first kappa shape index (κ1) is 16.3. The van der Waals surface area contributed by atoms with Crippen LogP contribution in [0.5, 0.6) is 0 Å². The zero-order valence-electron chi connectivity index (χ0n) is 9.60. The highest BCUT2D eigenvalue weighted by Gasteiger charge is 2.49. The molecule has 0 spiro atoms. The van der Waals surface area contributed by atoms with Crippen molar-refractivity contribution in [1.29, 1.82) is 0 Å². The molecule has 1 saturated heterocycles. The zero-order chi connectivity index (χ0) is 14.7. The Kier molecular flexibility index (Phi) is 5.27. The van der Waals surface area contributed by atoms with Gasteiger partial charge in [-0.05, 0) is 5.53 Å². The molecule has 0 saturated carbocycles. The fourth-order valence-corrected chi connectivity index (χ4v) is 1.99. The molecule has 0 aliphatic carbocycles. The van der Waals surface area contributed by atoms with Crippen LogP contribution in [-0.4, -0.2) is 62.4 Å². The van der Waals surface area contributed by atoms with Gasteiger partial charge in [0.05, 0.1) is 18.8 Å². The Hall–Kier alpha value is -0.740. The molecular weight excluding hydrogens is 285 g/mol. The van der Waals surface area contributed by atoms with Gasteiger partial charge in [0.25, 0.3) is 0 Å². The number of rotatable bonds is 5. The molecule has 1 aliphatic heterocycles. The fourth-order valence-electron chi connectivity index (χ4n) is 1.64. The van der Waals surface area contributed by atoms with E-state index in [1.165, 1.54) is 0 Å². The van der Waals surface area contributed by atoms with E-state index in [0.717, 1.165) is 0 Å². The molecule has 1 fully saturated rings. The van der Waals surface area contributed by atoms with Crippen LogP contribution in [0.1, 0.15) is 6.42 Å². The van der Waals surface area contributed by atoms with E-state index >= 15 is 0 Å². The van der Waals surface area contributed by atoms with E-state index in [1.807, 2.05) is 0 Å². The lowest BCUT2D eigenvalue weighted by Gasteiger charge is -2.42. The molecule has 0 amide bonds. The molecule has 4 atom stereocenters. The number of hydrogen-bond acceptors (Lipinski definition) is 7. The molecule has 0 aromatic rings. The average Bonchev–Trinajstić information content (AvgIpc) is 2.30. The van der Waals surface area contributed by atoms with Crippen molar-refractivity contribution < 1.29 is 38.9 Å². The van der Waals surface area contributed by atoms with Crippen molar-refractivity contribution >= 4 is 7.82 Å². The van der Waals surface area contributed by atoms with Crippen LogP contribution in [0.2, 0.25) is 0 Å². The maximum atomic E-state index is 10.6. The van der Waals surface area contributed by atoms with Gasteiger partial charge in [-0.15, -0.1) is 0 Å². The molecule has 12 heteroatoms. The molecule has 0 radical (unpaired) electrons. The van der Waals surface area contributed by atoms with Gasteiger partial charge in [-0.3, -0.25) is 4.52 Å². The number of nitrogens with zero attached hydrogens (tertiary/aromatic N) is 3. The van der Waals surface area contributed by atoms with Crippen molar-refractivity contribution in [3.05, 3.63) is 10.4 Å². The minimum Gasteiger partial charge on any atom is -0.390 e. The van der Waals surface area contributed by atoms with E-state index in [4.69, 9.17) is 20.1 Å². The SMILES string of the molecule is [N-]=[N+]=NCC1CC(O)C(O)[C@](O)(COP(=O)(O)O)O1. The Labute approximate surface area is 107 Å². The largest absolute Gasteiger partial charge is 0.469 e. The van der Waals surface area contributed by atoms with Crippen molar-refractivity contribution in [2.24, 2.45) is 5.11 Å². The molecule has 3 unspecified atom stereocenters. The summed E-state index contributed by atoms with van der Waals surface area (Å²) in [6, 6.07) is 0. The summed E-state index contributed by atoms with van der Waals surface area (Å²) in [5, 5.41) is 32.2. The summed E-state index contributed by atoms with van der Waals surface area (Å²) in [6.45, 7) is -1.28. The van der Waals surface area contributed by atoms with E-state index in [-0.39, 0.29) is 13.0 Å². The Morgan fingerprint density at radius 2 is 2.16 bits per heavy atom. The maximum absolute atomic E-state index is 10.6. The molecule has 1 aliphatic rings. The average molecular weight is 299 g/mol. The van der Waals surface area contributed by atoms with Gasteiger partial charge in [-0.1, -0.05) is 5.11 Å². The number of phosphoric ester groups is 1. The first-order valence-corrected chi connectivity index (χ1v) is 6.68. The Bertz CT molecular complexity index is 409. The first-order valence-electron chi connectivity index (χ1n) is 5.15. The molecule has 0 aromatic heterocycles. The second kappa shape index (κ2) is 6.14. The van der Waals surface area contributed by atoms with Crippen LogP contribution in [-0.2, 0) is 13.8 Å². The third-order valence-electron chi connectivity index (χ3n) is 2.49. The maximum Gasteiger partial charge on any atom is 0.469 e. The number of aliphatic hydroxyl groups is 3. The molecule has 0 aromatic carbocycles. The summed E-state index contributed by atoms with van der Waals surface area (Å²) in [5.74, 6) is -2.51. The molecule has 0 bridgehead atoms. The van der Waals surface area contributed by atoms with Gasteiger partial charge in [0, 0.05) is 11.3 Å². The van der Waals surface area contributed by atoms with Gasteiger partial charge in [-0.25, -0.2) is 4.57 Å². The van der Waals surface area contributed by atoms with Crippen LogP contribution in [0.15, 0.2) is 5.11 Å². The van der Waals surface area contributed by atoms with Crippen molar-refractivity contribution in [3.8, 4) is 0 Å². The summed E-state index contributed by atoms with van der Waals surface area (Å²) in [4.78, 5) is 19.5. The molecule has 110 valence electrons. The third-order valence-corrected chi connectivity index (χ3v) is 2.96. The molecular formula is C7H14N3O8P. The normalized spacial score (nSPS) is 35.7. The number of aliphatic hydroxyl groups excluding tert-OH is 2. The van der Waals surface area contributed by atoms with Crippen LogP contribution in [0.4, 0.5) is 0 Å². The number of phosphoric acid groups is 1. The zero-order valence-corrected chi connectivity index (χ0v) is 10.5. The monoisotopic (exact) mass is 299 g/mol. The lowest BCUT2D eigenvalue weighted by atomic mass is 9.95. The van der Waals surface area contributed by atoms with E-state index in [2.05, 4.69) is 14.5 Å². The van der Waals surface area contributed by atoms with E-state index in [1.54, 1.807) is 0 Å². The Morgan fingerprint density at radius 1 is 1.53 bits per heavy atom. The van der Waals surface area contributed by atoms with Crippen molar-refractivity contribution in [2.75, 3.05) is 13.2 Å². The number of hydrogen-bond donors (Lipinski definition) is 5. The van der Waals surface area contributed by atoms with Crippen molar-refractivity contribution in [1.82, 2.24) is 0 Å². The third kappa shape index (κ3) is 4.69. The van der Waals surface area contributed by atoms with Gasteiger partial charge in [0.2, 0.25) is 5.79 Å². The summed E-state index contributed by atoms with van der Waals surface area (Å²) in [6.07, 6.45) is -4.27. The molecule has 5 N–H and O–H groups in total. The van der Waals surface area contributed by atoms with Crippen LogP contribution in [0, 0.1) is 0 Å². The number of ether oxygens (including phenoxy) is 1. The molecule has 11 nitrogen and oxygen atoms in total. The Morgan fingerprint density at radius 3 is 2.68 bits per heavy atom. The van der Waals surface area contributed by atoms with Gasteiger partial charge in [0.15, 0.2) is 0 Å². The Balaban J connectivity index is 2.76. The standard InChI is InChI=1S/C7H14N3O8P/c8-10-9-2-4-1-5(11)6(12)7(13,18-4)3-17-19(14,15)16/h4-6,11-13H,1-3H2,(H2,14,15,16)/t4?,5?,6?,7-/m0/s1. The van der Waals surface area contributed by atoms with E-state index in [9.17, 15) is 19.9 Å². The smallest absolute Gasteiger partial charge is 0.390 e. The topological polar surface area (TPSA) is 185 Å². The van der Waals surface area contributed by atoms with Gasteiger partial charge in [0.1, 0.15) is 12.7 Å². The van der Waals surface area contributed by atoms with Crippen molar-refractivity contribution in [2.45, 2.75) is 30.5 Å². The van der Waals surface area contributed by atoms with Crippen LogP contribution < -0.4 is 0 Å². The van der Waals surface area contributed by atoms with E-state index in [0.29, 0.717) is 0 Å². The van der Waals surface area contributed by atoms with Crippen LogP contribution in [0.3, 0.4) is 0 Å². The minimum atomic E-state index is -4.88. The van der Waals surface area contributed by atoms with Gasteiger partial charge >= 0.3 is 7.82 Å². The lowest BCUT2D eigenvalue weighted by Crippen LogP contribution is -2.60. The molecule has 1 rings (SSSR count). The highest BCUT2D eigenvalue weighted by atomic mass is 31.2. The number of azide groups is 1. The minimum absolute atomic E-state index is 0.113. The second-order valence-corrected chi connectivity index (χ2v) is 5.25. The summed E-state index contributed by atoms with van der Waals surface area (Å²) in [5.41, 5.74) is 8.16. The predicted octanol–water partition coefficient (Wildman–Crippen LogP) is -1.39. The van der Waals surface area contributed by atoms with Gasteiger partial charge < -0.3 is 29.8 Å². The highest BCUT2D eigenvalue weighted by molar-refractivity contribution is 7.46. The second-order valence-electron chi connectivity index (χ2n) is 4.01. The first-order chi connectivity index (χ1) is 8.68. The molecule has 19 heavy (non-hydrogen) atoms. The quantitative estimate of drug-likeness (QED) is 0.177. The van der Waals surface area contributed by atoms with Crippen LogP contribution in [0.25, 0.3) is 10.4 Å².